The summed E-state index contributed by atoms with van der Waals surface area (Å²) in [6, 6.07) is 23.1. The van der Waals surface area contributed by atoms with Crippen molar-refractivity contribution in [3.63, 3.8) is 0 Å². The van der Waals surface area contributed by atoms with Crippen molar-refractivity contribution in [2.24, 2.45) is 0 Å². The van der Waals surface area contributed by atoms with Crippen molar-refractivity contribution in [3.8, 4) is 22.8 Å². The van der Waals surface area contributed by atoms with E-state index in [0.29, 0.717) is 22.3 Å². The smallest absolute Gasteiger partial charge is 0.336 e. The minimum absolute atomic E-state index is 0.151. The van der Waals surface area contributed by atoms with Crippen molar-refractivity contribution in [3.05, 3.63) is 101 Å². The molecule has 0 aliphatic rings. The van der Waals surface area contributed by atoms with E-state index < -0.39 is 11.4 Å². The number of fused-ring (bicyclic) bond motifs is 1. The predicted octanol–water partition coefficient (Wildman–Crippen LogP) is 5.09. The third-order valence-corrected chi connectivity index (χ3v) is 4.52. The highest BCUT2D eigenvalue weighted by molar-refractivity contribution is 5.91. The standard InChI is InChI=1S/C25H18O5/c1-28-19-14-12-18(13-15-19)24-25(23(27)20-9-5-6-10-21(20)29-24)30-22(26)16-11-17-7-3-2-4-8-17/h2-16H,1H3. The fourth-order valence-electron chi connectivity index (χ4n) is 3.01. The van der Waals surface area contributed by atoms with E-state index in [1.54, 1.807) is 61.7 Å². The molecule has 0 aliphatic heterocycles. The van der Waals surface area contributed by atoms with Crippen LogP contribution in [-0.4, -0.2) is 13.1 Å². The molecule has 0 spiro atoms. The number of para-hydroxylation sites is 1. The van der Waals surface area contributed by atoms with Gasteiger partial charge < -0.3 is 13.9 Å². The SMILES string of the molecule is COc1ccc(-c2oc3ccccc3c(=O)c2OC(=O)C=Cc2ccccc2)cc1. The minimum Gasteiger partial charge on any atom is -0.497 e. The van der Waals surface area contributed by atoms with E-state index in [1.807, 2.05) is 30.3 Å². The molecular weight excluding hydrogens is 380 g/mol. The molecule has 30 heavy (non-hydrogen) atoms. The second kappa shape index (κ2) is 8.49. The topological polar surface area (TPSA) is 65.7 Å². The highest BCUT2D eigenvalue weighted by Gasteiger charge is 2.19. The molecule has 5 heteroatoms. The van der Waals surface area contributed by atoms with Crippen molar-refractivity contribution < 1.29 is 18.7 Å². The summed E-state index contributed by atoms with van der Waals surface area (Å²) in [4.78, 5) is 25.5. The molecule has 0 unspecified atom stereocenters. The maximum Gasteiger partial charge on any atom is 0.336 e. The van der Waals surface area contributed by atoms with E-state index in [9.17, 15) is 9.59 Å². The molecule has 1 aromatic heterocycles. The quantitative estimate of drug-likeness (QED) is 0.346. The minimum atomic E-state index is -0.670. The number of ether oxygens (including phenoxy) is 2. The summed E-state index contributed by atoms with van der Waals surface area (Å²) in [6.07, 6.45) is 2.90. The Hall–Kier alpha value is -4.12. The average Bonchev–Trinajstić information content (AvgIpc) is 2.80. The van der Waals surface area contributed by atoms with Gasteiger partial charge in [0.25, 0.3) is 0 Å². The number of carbonyl (C=O) groups excluding carboxylic acids is 1. The normalized spacial score (nSPS) is 11.0. The maximum absolute atomic E-state index is 13.1. The fourth-order valence-corrected chi connectivity index (χ4v) is 3.01. The van der Waals surface area contributed by atoms with Crippen molar-refractivity contribution in [2.75, 3.05) is 7.11 Å². The predicted molar refractivity (Wildman–Crippen MR) is 116 cm³/mol. The van der Waals surface area contributed by atoms with Gasteiger partial charge in [-0.2, -0.15) is 0 Å². The lowest BCUT2D eigenvalue weighted by atomic mass is 10.1. The number of methoxy groups -OCH3 is 1. The molecular formula is C25H18O5. The lowest BCUT2D eigenvalue weighted by molar-refractivity contribution is -0.129. The van der Waals surface area contributed by atoms with E-state index in [0.717, 1.165) is 5.56 Å². The van der Waals surface area contributed by atoms with Crippen LogP contribution >= 0.6 is 0 Å². The molecule has 0 fully saturated rings. The molecule has 0 amide bonds. The number of esters is 1. The van der Waals surface area contributed by atoms with Crippen LogP contribution in [0, 0.1) is 0 Å². The van der Waals surface area contributed by atoms with Crippen LogP contribution in [0.3, 0.4) is 0 Å². The molecule has 0 N–H and O–H groups in total. The third-order valence-electron chi connectivity index (χ3n) is 4.52. The number of benzene rings is 3. The van der Waals surface area contributed by atoms with Gasteiger partial charge in [-0.15, -0.1) is 0 Å². The van der Waals surface area contributed by atoms with Gasteiger partial charge in [-0.1, -0.05) is 42.5 Å². The summed E-state index contributed by atoms with van der Waals surface area (Å²) in [5.74, 6) is 0.0202. The van der Waals surface area contributed by atoms with Crippen molar-refractivity contribution in [2.45, 2.75) is 0 Å². The first-order chi connectivity index (χ1) is 14.7. The first kappa shape index (κ1) is 19.2. The average molecular weight is 398 g/mol. The summed E-state index contributed by atoms with van der Waals surface area (Å²) in [7, 11) is 1.57. The molecule has 0 saturated heterocycles. The monoisotopic (exact) mass is 398 g/mol. The second-order valence-corrected chi connectivity index (χ2v) is 6.48. The van der Waals surface area contributed by atoms with Gasteiger partial charge in [-0.3, -0.25) is 4.79 Å². The number of hydrogen-bond acceptors (Lipinski definition) is 5. The van der Waals surface area contributed by atoms with E-state index in [2.05, 4.69) is 0 Å². The highest BCUT2D eigenvalue weighted by Crippen LogP contribution is 2.32. The highest BCUT2D eigenvalue weighted by atomic mass is 16.5. The lowest BCUT2D eigenvalue weighted by Crippen LogP contribution is -2.14. The van der Waals surface area contributed by atoms with Crippen LogP contribution in [0.5, 0.6) is 11.5 Å². The van der Waals surface area contributed by atoms with Gasteiger partial charge in [-0.05, 0) is 48.0 Å². The third kappa shape index (κ3) is 4.00. The fraction of sp³-hybridized carbons (Fsp3) is 0.0400. The van der Waals surface area contributed by atoms with E-state index in [4.69, 9.17) is 13.9 Å². The zero-order valence-electron chi connectivity index (χ0n) is 16.2. The number of carbonyl (C=O) groups is 1. The molecule has 0 atom stereocenters. The van der Waals surface area contributed by atoms with E-state index >= 15 is 0 Å². The van der Waals surface area contributed by atoms with Gasteiger partial charge in [0.15, 0.2) is 5.76 Å². The van der Waals surface area contributed by atoms with Crippen LogP contribution in [0.4, 0.5) is 0 Å². The number of hydrogen-bond donors (Lipinski definition) is 0. The molecule has 4 aromatic rings. The number of rotatable bonds is 5. The van der Waals surface area contributed by atoms with Crippen LogP contribution in [0.25, 0.3) is 28.4 Å². The van der Waals surface area contributed by atoms with Crippen LogP contribution in [0.2, 0.25) is 0 Å². The maximum atomic E-state index is 13.1. The lowest BCUT2D eigenvalue weighted by Gasteiger charge is -2.10. The van der Waals surface area contributed by atoms with Crippen LogP contribution in [-0.2, 0) is 4.79 Å². The van der Waals surface area contributed by atoms with Gasteiger partial charge in [0.1, 0.15) is 11.3 Å². The zero-order valence-corrected chi connectivity index (χ0v) is 16.2. The Balaban J connectivity index is 1.76. The zero-order chi connectivity index (χ0) is 20.9. The van der Waals surface area contributed by atoms with Crippen LogP contribution in [0.15, 0.2) is 94.2 Å². The van der Waals surface area contributed by atoms with Crippen molar-refractivity contribution >= 4 is 23.0 Å². The van der Waals surface area contributed by atoms with E-state index in [1.165, 1.54) is 6.08 Å². The molecule has 4 rings (SSSR count). The van der Waals surface area contributed by atoms with Crippen molar-refractivity contribution in [1.29, 1.82) is 0 Å². The van der Waals surface area contributed by atoms with Gasteiger partial charge in [0, 0.05) is 11.6 Å². The van der Waals surface area contributed by atoms with Gasteiger partial charge >= 0.3 is 5.97 Å². The molecule has 0 saturated carbocycles. The molecule has 0 radical (unpaired) electrons. The first-order valence-corrected chi connectivity index (χ1v) is 9.31. The Kier molecular flexibility index (Phi) is 5.44. The Labute approximate surface area is 172 Å². The van der Waals surface area contributed by atoms with Crippen LogP contribution < -0.4 is 14.9 Å². The summed E-state index contributed by atoms with van der Waals surface area (Å²) in [5, 5.41) is 0.338. The summed E-state index contributed by atoms with van der Waals surface area (Å²) in [6.45, 7) is 0. The second-order valence-electron chi connectivity index (χ2n) is 6.48. The van der Waals surface area contributed by atoms with Gasteiger partial charge in [0.2, 0.25) is 11.2 Å². The Morgan fingerprint density at radius 2 is 1.60 bits per heavy atom. The van der Waals surface area contributed by atoms with Crippen molar-refractivity contribution in [1.82, 2.24) is 0 Å². The summed E-state index contributed by atoms with van der Waals surface area (Å²) < 4.78 is 16.6. The van der Waals surface area contributed by atoms with Gasteiger partial charge in [0.05, 0.1) is 12.5 Å². The van der Waals surface area contributed by atoms with E-state index in [-0.39, 0.29) is 11.5 Å². The van der Waals surface area contributed by atoms with Gasteiger partial charge in [-0.25, -0.2) is 4.79 Å². The first-order valence-electron chi connectivity index (χ1n) is 9.31. The molecule has 3 aromatic carbocycles. The molecule has 0 bridgehead atoms. The Morgan fingerprint density at radius 1 is 0.900 bits per heavy atom. The molecule has 5 nitrogen and oxygen atoms in total. The molecule has 1 heterocycles. The van der Waals surface area contributed by atoms with Crippen LogP contribution in [0.1, 0.15) is 5.56 Å². The summed E-state index contributed by atoms with van der Waals surface area (Å²) >= 11 is 0. The largest absolute Gasteiger partial charge is 0.497 e. The Bertz CT molecular complexity index is 1270. The molecule has 148 valence electrons. The summed E-state index contributed by atoms with van der Waals surface area (Å²) in [5.41, 5.74) is 1.43. The molecule has 0 aliphatic carbocycles. The Morgan fingerprint density at radius 3 is 2.33 bits per heavy atom.